The van der Waals surface area contributed by atoms with Crippen LogP contribution in [0.3, 0.4) is 0 Å². The summed E-state index contributed by atoms with van der Waals surface area (Å²) in [5, 5.41) is 6.96. The summed E-state index contributed by atoms with van der Waals surface area (Å²) >= 11 is 0. The van der Waals surface area contributed by atoms with Gasteiger partial charge in [0, 0.05) is 35.8 Å². The average molecular weight is 528 g/mol. The van der Waals surface area contributed by atoms with Crippen LogP contribution in [0.4, 0.5) is 0 Å². The van der Waals surface area contributed by atoms with Gasteiger partial charge >= 0.3 is 0 Å². The molecule has 0 fully saturated rings. The fraction of sp³-hybridized carbons (Fsp3) is 0.167. The highest BCUT2D eigenvalue weighted by molar-refractivity contribution is 5.89. The van der Waals surface area contributed by atoms with E-state index in [2.05, 4.69) is 95.9 Å². The number of fused-ring (bicyclic) bond motifs is 3. The predicted molar refractivity (Wildman–Crippen MR) is 165 cm³/mol. The van der Waals surface area contributed by atoms with Crippen molar-refractivity contribution in [2.45, 2.75) is 0 Å². The quantitative estimate of drug-likeness (QED) is 0.161. The van der Waals surface area contributed by atoms with Crippen molar-refractivity contribution in [3.05, 3.63) is 127 Å². The first-order valence-corrected chi connectivity index (χ1v) is 13.9. The zero-order valence-corrected chi connectivity index (χ0v) is 22.5. The highest BCUT2D eigenvalue weighted by Crippen LogP contribution is 2.27. The van der Waals surface area contributed by atoms with Gasteiger partial charge in [-0.15, -0.1) is 0 Å². The second-order valence-electron chi connectivity index (χ2n) is 9.82. The lowest BCUT2D eigenvalue weighted by molar-refractivity contribution is 0.155. The molecule has 6 aromatic rings. The first-order valence-electron chi connectivity index (χ1n) is 13.9. The van der Waals surface area contributed by atoms with E-state index in [9.17, 15) is 0 Å². The predicted octanol–water partition coefficient (Wildman–Crippen LogP) is 7.99. The van der Waals surface area contributed by atoms with Crippen molar-refractivity contribution in [1.82, 2.24) is 4.90 Å². The second kappa shape index (κ2) is 12.5. The van der Waals surface area contributed by atoms with E-state index in [-0.39, 0.29) is 0 Å². The lowest BCUT2D eigenvalue weighted by Crippen LogP contribution is -2.35. The van der Waals surface area contributed by atoms with Gasteiger partial charge in [0.05, 0.1) is 0 Å². The van der Waals surface area contributed by atoms with E-state index >= 15 is 0 Å². The minimum absolute atomic E-state index is 0.580. The Labute approximate surface area is 235 Å². The van der Waals surface area contributed by atoms with Gasteiger partial charge in [-0.05, 0) is 34.4 Å². The molecule has 0 spiro atoms. The smallest absolute Gasteiger partial charge is 0.127 e. The third kappa shape index (κ3) is 6.03. The lowest BCUT2D eigenvalue weighted by Gasteiger charge is -2.23. The van der Waals surface area contributed by atoms with Crippen molar-refractivity contribution in [2.24, 2.45) is 0 Å². The van der Waals surface area contributed by atoms with Crippen molar-refractivity contribution in [2.75, 3.05) is 39.5 Å². The molecule has 0 aromatic heterocycles. The van der Waals surface area contributed by atoms with Crippen molar-refractivity contribution in [3.63, 3.8) is 0 Å². The number of rotatable bonds is 12. The van der Waals surface area contributed by atoms with E-state index in [1.807, 2.05) is 36.4 Å². The molecule has 0 aliphatic rings. The van der Waals surface area contributed by atoms with Crippen LogP contribution in [0.1, 0.15) is 0 Å². The Morgan fingerprint density at radius 1 is 0.350 bits per heavy atom. The zero-order valence-electron chi connectivity index (χ0n) is 22.5. The molecule has 0 N–H and O–H groups in total. The molecule has 0 saturated carbocycles. The maximum Gasteiger partial charge on any atom is 0.127 e. The third-order valence-corrected chi connectivity index (χ3v) is 7.24. The van der Waals surface area contributed by atoms with Crippen LogP contribution in [0.2, 0.25) is 0 Å². The summed E-state index contributed by atoms with van der Waals surface area (Å²) in [4.78, 5) is 2.35. The van der Waals surface area contributed by atoms with E-state index in [1.54, 1.807) is 0 Å². The van der Waals surface area contributed by atoms with Gasteiger partial charge in [-0.25, -0.2) is 0 Å². The van der Waals surface area contributed by atoms with Gasteiger partial charge in [0.25, 0.3) is 0 Å². The van der Waals surface area contributed by atoms with Crippen LogP contribution in [0.25, 0.3) is 32.3 Å². The van der Waals surface area contributed by atoms with Crippen molar-refractivity contribution < 1.29 is 14.2 Å². The maximum atomic E-state index is 6.27. The lowest BCUT2D eigenvalue weighted by atomic mass is 10.1. The van der Waals surface area contributed by atoms with E-state index in [1.165, 1.54) is 16.2 Å². The molecule has 0 unspecified atom stereocenters. The van der Waals surface area contributed by atoms with Crippen LogP contribution >= 0.6 is 0 Å². The Balaban J connectivity index is 1.11. The van der Waals surface area contributed by atoms with Crippen LogP contribution in [0.5, 0.6) is 17.2 Å². The summed E-state index contributed by atoms with van der Waals surface area (Å²) in [6.07, 6.45) is 0. The van der Waals surface area contributed by atoms with Gasteiger partial charge in [0.1, 0.15) is 37.1 Å². The zero-order chi connectivity index (χ0) is 27.0. The molecular formula is C36H33NO3. The molecule has 4 nitrogen and oxygen atoms in total. The molecule has 0 radical (unpaired) electrons. The molecule has 0 aliphatic carbocycles. The topological polar surface area (TPSA) is 30.9 Å². The molecule has 4 heteroatoms. The van der Waals surface area contributed by atoms with Gasteiger partial charge in [-0.3, -0.25) is 4.90 Å². The van der Waals surface area contributed by atoms with E-state index < -0.39 is 0 Å². The standard InChI is InChI=1S/C36H33NO3/c1-4-16-31-28(10-1)13-7-19-34(31)38-25-22-37(23-26-39-35-20-8-14-29-11-2-5-17-32(29)35)24-27-40-36-21-9-15-30-12-3-6-18-33(30)36/h1-21H,22-27H2. The highest BCUT2D eigenvalue weighted by atomic mass is 16.5. The molecule has 0 atom stereocenters. The molecule has 200 valence electrons. The second-order valence-corrected chi connectivity index (χ2v) is 9.82. The Bertz CT molecular complexity index is 1500. The van der Waals surface area contributed by atoms with Crippen molar-refractivity contribution >= 4 is 32.3 Å². The monoisotopic (exact) mass is 527 g/mol. The maximum absolute atomic E-state index is 6.27. The first kappa shape index (κ1) is 25.7. The summed E-state index contributed by atoms with van der Waals surface area (Å²) < 4.78 is 18.8. The fourth-order valence-electron chi connectivity index (χ4n) is 5.15. The van der Waals surface area contributed by atoms with Crippen LogP contribution in [-0.4, -0.2) is 44.4 Å². The van der Waals surface area contributed by atoms with Gasteiger partial charge in [0.15, 0.2) is 0 Å². The number of hydrogen-bond acceptors (Lipinski definition) is 4. The first-order chi connectivity index (χ1) is 19.8. The average Bonchev–Trinajstić information content (AvgIpc) is 3.01. The number of hydrogen-bond donors (Lipinski definition) is 0. The van der Waals surface area contributed by atoms with Gasteiger partial charge < -0.3 is 14.2 Å². The Morgan fingerprint density at radius 2 is 0.650 bits per heavy atom. The van der Waals surface area contributed by atoms with Crippen molar-refractivity contribution in [1.29, 1.82) is 0 Å². The van der Waals surface area contributed by atoms with E-state index in [4.69, 9.17) is 14.2 Å². The summed E-state index contributed by atoms with van der Waals surface area (Å²) in [6.45, 7) is 4.03. The van der Waals surface area contributed by atoms with E-state index in [0.717, 1.165) is 53.0 Å². The van der Waals surface area contributed by atoms with Gasteiger partial charge in [0.2, 0.25) is 0 Å². The molecule has 0 heterocycles. The Hall–Kier alpha value is -4.54. The molecule has 0 saturated heterocycles. The fourth-order valence-corrected chi connectivity index (χ4v) is 5.15. The number of ether oxygens (including phenoxy) is 3. The van der Waals surface area contributed by atoms with Gasteiger partial charge in [-0.1, -0.05) is 109 Å². The summed E-state index contributed by atoms with van der Waals surface area (Å²) in [5.41, 5.74) is 0. The minimum atomic E-state index is 0.580. The molecule has 0 bridgehead atoms. The minimum Gasteiger partial charge on any atom is -0.492 e. The molecule has 0 amide bonds. The summed E-state index contributed by atoms with van der Waals surface area (Å²) in [7, 11) is 0. The van der Waals surface area contributed by atoms with Gasteiger partial charge in [-0.2, -0.15) is 0 Å². The molecular weight excluding hydrogens is 494 g/mol. The Kier molecular flexibility index (Phi) is 8.07. The number of benzene rings is 6. The highest BCUT2D eigenvalue weighted by Gasteiger charge is 2.10. The largest absolute Gasteiger partial charge is 0.492 e. The summed E-state index contributed by atoms with van der Waals surface area (Å²) in [5.74, 6) is 2.74. The molecule has 40 heavy (non-hydrogen) atoms. The SMILES string of the molecule is c1ccc2c(OCCN(CCOc3cccc4ccccc34)CCOc3cccc4ccccc34)cccc2c1. The normalized spacial score (nSPS) is 11.3. The van der Waals surface area contributed by atoms with Crippen LogP contribution in [-0.2, 0) is 0 Å². The van der Waals surface area contributed by atoms with Crippen molar-refractivity contribution in [3.8, 4) is 17.2 Å². The Morgan fingerprint density at radius 3 is 1.00 bits per heavy atom. The molecule has 0 aliphatic heterocycles. The van der Waals surface area contributed by atoms with Crippen LogP contribution < -0.4 is 14.2 Å². The summed E-state index contributed by atoms with van der Waals surface area (Å²) in [6, 6.07) is 43.6. The van der Waals surface area contributed by atoms with Crippen LogP contribution in [0, 0.1) is 0 Å². The van der Waals surface area contributed by atoms with E-state index in [0.29, 0.717) is 19.8 Å². The molecule has 6 rings (SSSR count). The number of nitrogens with zero attached hydrogens (tertiary/aromatic N) is 1. The molecule has 6 aromatic carbocycles. The van der Waals surface area contributed by atoms with Crippen LogP contribution in [0.15, 0.2) is 127 Å². The third-order valence-electron chi connectivity index (χ3n) is 7.24.